The molecule has 1 unspecified atom stereocenters. The minimum atomic E-state index is -3.40. The Morgan fingerprint density at radius 2 is 2.05 bits per heavy atom. The molecule has 1 fully saturated rings. The first-order chi connectivity index (χ1) is 9.00. The van der Waals surface area contributed by atoms with Crippen molar-refractivity contribution in [3.05, 3.63) is 28.7 Å². The molecule has 106 valence electrons. The predicted molar refractivity (Wildman–Crippen MR) is 77.5 cm³/mol. The van der Waals surface area contributed by atoms with Gasteiger partial charge in [0.15, 0.2) is 0 Å². The van der Waals surface area contributed by atoms with E-state index in [0.29, 0.717) is 24.0 Å². The van der Waals surface area contributed by atoms with Crippen molar-refractivity contribution in [1.82, 2.24) is 4.31 Å². The first-order valence-corrected chi connectivity index (χ1v) is 8.53. The summed E-state index contributed by atoms with van der Waals surface area (Å²) in [4.78, 5) is 0.329. The molecule has 4 nitrogen and oxygen atoms in total. The Kier molecular flexibility index (Phi) is 5.00. The van der Waals surface area contributed by atoms with Crippen LogP contribution >= 0.6 is 15.9 Å². The molecule has 6 heteroatoms. The maximum atomic E-state index is 12.4. The van der Waals surface area contributed by atoms with E-state index in [2.05, 4.69) is 15.9 Å². The van der Waals surface area contributed by atoms with Gasteiger partial charge < -0.3 is 4.74 Å². The van der Waals surface area contributed by atoms with E-state index in [1.807, 2.05) is 0 Å². The Balaban J connectivity index is 2.07. The van der Waals surface area contributed by atoms with Gasteiger partial charge in [-0.3, -0.25) is 0 Å². The van der Waals surface area contributed by atoms with E-state index in [-0.39, 0.29) is 0 Å². The average Bonchev–Trinajstić information content (AvgIpc) is 2.40. The lowest BCUT2D eigenvalue weighted by Gasteiger charge is -2.26. The molecule has 19 heavy (non-hydrogen) atoms. The summed E-state index contributed by atoms with van der Waals surface area (Å²) >= 11 is 3.30. The summed E-state index contributed by atoms with van der Waals surface area (Å²) in [6.45, 7) is 1.96. The second kappa shape index (κ2) is 6.35. The minimum absolute atomic E-state index is 0.295. The van der Waals surface area contributed by atoms with Crippen LogP contribution in [0.3, 0.4) is 0 Å². The van der Waals surface area contributed by atoms with E-state index < -0.39 is 10.0 Å². The quantitative estimate of drug-likeness (QED) is 0.840. The number of benzene rings is 1. The van der Waals surface area contributed by atoms with E-state index >= 15 is 0 Å². The topological polar surface area (TPSA) is 46.6 Å². The second-order valence-electron chi connectivity index (χ2n) is 4.82. The van der Waals surface area contributed by atoms with Crippen molar-refractivity contribution >= 4 is 26.0 Å². The van der Waals surface area contributed by atoms with Gasteiger partial charge in [0.1, 0.15) is 0 Å². The van der Waals surface area contributed by atoms with Crippen molar-refractivity contribution < 1.29 is 13.2 Å². The zero-order valence-corrected chi connectivity index (χ0v) is 13.3. The van der Waals surface area contributed by atoms with Crippen LogP contribution in [0.5, 0.6) is 0 Å². The minimum Gasteiger partial charge on any atom is -0.381 e. The maximum Gasteiger partial charge on any atom is 0.242 e. The van der Waals surface area contributed by atoms with Gasteiger partial charge in [0, 0.05) is 24.7 Å². The zero-order valence-electron chi connectivity index (χ0n) is 10.9. The Bertz CT molecular complexity index is 509. The molecule has 1 aliphatic heterocycles. The standard InChI is InChI=1S/C13H18BrNO3S/c1-15(9-11-3-2-8-18-10-11)19(16,17)13-6-4-12(14)5-7-13/h4-7,11H,2-3,8-10H2,1H3. The number of ether oxygens (including phenoxy) is 1. The van der Waals surface area contributed by atoms with Gasteiger partial charge in [0.05, 0.1) is 11.5 Å². The highest BCUT2D eigenvalue weighted by atomic mass is 79.9. The molecular formula is C13H18BrNO3S. The molecule has 2 rings (SSSR count). The van der Waals surface area contributed by atoms with Gasteiger partial charge in [-0.1, -0.05) is 15.9 Å². The molecule has 1 saturated heterocycles. The van der Waals surface area contributed by atoms with Crippen LogP contribution < -0.4 is 0 Å². The number of rotatable bonds is 4. The fourth-order valence-electron chi connectivity index (χ4n) is 2.20. The molecule has 0 spiro atoms. The van der Waals surface area contributed by atoms with Gasteiger partial charge >= 0.3 is 0 Å². The van der Waals surface area contributed by atoms with Crippen LogP contribution in [-0.4, -0.2) is 39.5 Å². The molecule has 1 heterocycles. The number of hydrogen-bond acceptors (Lipinski definition) is 3. The van der Waals surface area contributed by atoms with Gasteiger partial charge in [-0.2, -0.15) is 0 Å². The van der Waals surface area contributed by atoms with Crippen LogP contribution in [0.15, 0.2) is 33.6 Å². The highest BCUT2D eigenvalue weighted by Gasteiger charge is 2.24. The summed E-state index contributed by atoms with van der Waals surface area (Å²) in [5.74, 6) is 0.295. The number of sulfonamides is 1. The molecule has 0 amide bonds. The summed E-state index contributed by atoms with van der Waals surface area (Å²) in [5.41, 5.74) is 0. The molecule has 0 saturated carbocycles. The first kappa shape index (κ1) is 15.0. The van der Waals surface area contributed by atoms with Crippen LogP contribution in [0, 0.1) is 5.92 Å². The van der Waals surface area contributed by atoms with Gasteiger partial charge in [0.2, 0.25) is 10.0 Å². The summed E-state index contributed by atoms with van der Waals surface area (Å²) in [7, 11) is -1.77. The molecule has 0 bridgehead atoms. The first-order valence-electron chi connectivity index (χ1n) is 6.30. The molecule has 1 aliphatic rings. The fourth-order valence-corrected chi connectivity index (χ4v) is 3.71. The normalized spacial score (nSPS) is 20.7. The van der Waals surface area contributed by atoms with E-state index in [9.17, 15) is 8.42 Å². The lowest BCUT2D eigenvalue weighted by atomic mass is 10.0. The molecule has 1 aromatic rings. The highest BCUT2D eigenvalue weighted by molar-refractivity contribution is 9.10. The fraction of sp³-hybridized carbons (Fsp3) is 0.538. The number of nitrogens with zero attached hydrogens (tertiary/aromatic N) is 1. The third-order valence-electron chi connectivity index (χ3n) is 3.29. The van der Waals surface area contributed by atoms with E-state index in [0.717, 1.165) is 23.9 Å². The van der Waals surface area contributed by atoms with Crippen LogP contribution in [-0.2, 0) is 14.8 Å². The molecule has 1 aromatic carbocycles. The zero-order chi connectivity index (χ0) is 13.9. The van der Waals surface area contributed by atoms with Crippen LogP contribution in [0.2, 0.25) is 0 Å². The lowest BCUT2D eigenvalue weighted by Crippen LogP contribution is -2.35. The van der Waals surface area contributed by atoms with E-state index in [1.165, 1.54) is 4.31 Å². The Hall–Kier alpha value is -0.430. The third-order valence-corrected chi connectivity index (χ3v) is 5.66. The van der Waals surface area contributed by atoms with Crippen LogP contribution in [0.25, 0.3) is 0 Å². The van der Waals surface area contributed by atoms with Crippen molar-refractivity contribution in [2.24, 2.45) is 5.92 Å². The second-order valence-corrected chi connectivity index (χ2v) is 7.78. The molecule has 0 aromatic heterocycles. The van der Waals surface area contributed by atoms with Crippen molar-refractivity contribution in [3.63, 3.8) is 0 Å². The largest absolute Gasteiger partial charge is 0.381 e. The van der Waals surface area contributed by atoms with E-state index in [1.54, 1.807) is 31.3 Å². The van der Waals surface area contributed by atoms with Gasteiger partial charge in [-0.25, -0.2) is 12.7 Å². The smallest absolute Gasteiger partial charge is 0.242 e. The Morgan fingerprint density at radius 1 is 1.37 bits per heavy atom. The van der Waals surface area contributed by atoms with Gasteiger partial charge in [-0.05, 0) is 43.0 Å². The molecule has 0 radical (unpaired) electrons. The summed E-state index contributed by atoms with van der Waals surface area (Å²) in [6, 6.07) is 6.72. The van der Waals surface area contributed by atoms with Gasteiger partial charge in [0.25, 0.3) is 0 Å². The summed E-state index contributed by atoms with van der Waals surface area (Å²) in [6.07, 6.45) is 2.04. The average molecular weight is 348 g/mol. The van der Waals surface area contributed by atoms with Gasteiger partial charge in [-0.15, -0.1) is 0 Å². The predicted octanol–water partition coefficient (Wildman–Crippen LogP) is 2.50. The Labute approximate surface area is 122 Å². The van der Waals surface area contributed by atoms with Crippen molar-refractivity contribution in [2.75, 3.05) is 26.8 Å². The van der Waals surface area contributed by atoms with E-state index in [4.69, 9.17) is 4.74 Å². The SMILES string of the molecule is CN(CC1CCCOC1)S(=O)(=O)c1ccc(Br)cc1. The number of halogens is 1. The van der Waals surface area contributed by atoms with Crippen molar-refractivity contribution in [2.45, 2.75) is 17.7 Å². The molecular weight excluding hydrogens is 330 g/mol. The maximum absolute atomic E-state index is 12.4. The number of hydrogen-bond donors (Lipinski definition) is 0. The lowest BCUT2D eigenvalue weighted by molar-refractivity contribution is 0.0495. The van der Waals surface area contributed by atoms with Crippen molar-refractivity contribution in [1.29, 1.82) is 0 Å². The Morgan fingerprint density at radius 3 is 2.63 bits per heavy atom. The van der Waals surface area contributed by atoms with Crippen LogP contribution in [0.1, 0.15) is 12.8 Å². The third kappa shape index (κ3) is 3.78. The van der Waals surface area contributed by atoms with Crippen molar-refractivity contribution in [3.8, 4) is 0 Å². The summed E-state index contributed by atoms with van der Waals surface area (Å²) in [5, 5.41) is 0. The highest BCUT2D eigenvalue weighted by Crippen LogP contribution is 2.21. The monoisotopic (exact) mass is 347 g/mol. The van der Waals surface area contributed by atoms with Crippen LogP contribution in [0.4, 0.5) is 0 Å². The summed E-state index contributed by atoms with van der Waals surface area (Å²) < 4.78 is 32.5. The molecule has 1 atom stereocenters. The molecule has 0 N–H and O–H groups in total. The molecule has 0 aliphatic carbocycles.